The van der Waals surface area contributed by atoms with Crippen LogP contribution in [0.15, 0.2) is 40.9 Å². The van der Waals surface area contributed by atoms with Crippen LogP contribution in [-0.2, 0) is 5.41 Å². The van der Waals surface area contributed by atoms with Gasteiger partial charge in [-0.1, -0.05) is 41.9 Å². The van der Waals surface area contributed by atoms with Crippen molar-refractivity contribution in [3.05, 3.63) is 52.0 Å². The maximum atomic E-state index is 3.62. The van der Waals surface area contributed by atoms with Crippen LogP contribution in [0, 0.1) is 0 Å². The number of rotatable bonds is 1. The lowest BCUT2D eigenvalue weighted by Crippen LogP contribution is -2.19. The first-order valence-corrected chi connectivity index (χ1v) is 8.56. The van der Waals surface area contributed by atoms with Gasteiger partial charge in [0.25, 0.3) is 0 Å². The largest absolute Gasteiger partial charge is 0.372 e. The summed E-state index contributed by atoms with van der Waals surface area (Å²) in [6, 6.07) is 13.7. The number of nitrogens with zero attached hydrogens (tertiary/aromatic N) is 1. The highest BCUT2D eigenvalue weighted by Crippen LogP contribution is 2.50. The minimum atomic E-state index is 0.0875. The van der Waals surface area contributed by atoms with Crippen LogP contribution in [0.3, 0.4) is 0 Å². The zero-order valence-electron chi connectivity index (χ0n) is 12.6. The number of anilines is 1. The fourth-order valence-corrected chi connectivity index (χ4v) is 4.23. The maximum absolute atomic E-state index is 3.62. The van der Waals surface area contributed by atoms with E-state index in [0.29, 0.717) is 0 Å². The molecule has 21 heavy (non-hydrogen) atoms. The van der Waals surface area contributed by atoms with Gasteiger partial charge in [-0.05, 0) is 59.4 Å². The maximum Gasteiger partial charge on any atom is 0.0369 e. The molecule has 2 aromatic carbocycles. The van der Waals surface area contributed by atoms with Gasteiger partial charge < -0.3 is 4.90 Å². The van der Waals surface area contributed by atoms with E-state index in [1.54, 1.807) is 0 Å². The van der Waals surface area contributed by atoms with Gasteiger partial charge in [-0.3, -0.25) is 0 Å². The van der Waals surface area contributed by atoms with Crippen LogP contribution in [0.2, 0.25) is 0 Å². The average Bonchev–Trinajstić information content (AvgIpc) is 3.06. The fourth-order valence-electron chi connectivity index (χ4n) is 3.87. The van der Waals surface area contributed by atoms with Crippen LogP contribution < -0.4 is 4.90 Å². The van der Waals surface area contributed by atoms with E-state index in [0.717, 1.165) is 0 Å². The van der Waals surface area contributed by atoms with Crippen molar-refractivity contribution in [1.82, 2.24) is 0 Å². The summed E-state index contributed by atoms with van der Waals surface area (Å²) in [5.41, 5.74) is 7.19. The SMILES string of the molecule is CC1(C)c2cc(Br)ccc2-c2ccc(N3CCCC3)cc21. The molecule has 0 amide bonds. The Labute approximate surface area is 135 Å². The summed E-state index contributed by atoms with van der Waals surface area (Å²) in [5, 5.41) is 0. The molecule has 1 fully saturated rings. The van der Waals surface area contributed by atoms with Crippen molar-refractivity contribution >= 4 is 21.6 Å². The molecule has 0 atom stereocenters. The monoisotopic (exact) mass is 341 g/mol. The number of fused-ring (bicyclic) bond motifs is 3. The summed E-state index contributed by atoms with van der Waals surface area (Å²) in [7, 11) is 0. The van der Waals surface area contributed by atoms with Crippen molar-refractivity contribution in [1.29, 1.82) is 0 Å². The fraction of sp³-hybridized carbons (Fsp3) is 0.368. The van der Waals surface area contributed by atoms with E-state index >= 15 is 0 Å². The van der Waals surface area contributed by atoms with Gasteiger partial charge in [0.1, 0.15) is 0 Å². The molecule has 108 valence electrons. The smallest absolute Gasteiger partial charge is 0.0369 e. The Morgan fingerprint density at radius 3 is 2.24 bits per heavy atom. The summed E-state index contributed by atoms with van der Waals surface area (Å²) < 4.78 is 1.17. The van der Waals surface area contributed by atoms with Crippen LogP contribution in [-0.4, -0.2) is 13.1 Å². The molecule has 2 heteroatoms. The summed E-state index contributed by atoms with van der Waals surface area (Å²) >= 11 is 3.62. The minimum absolute atomic E-state index is 0.0875. The molecule has 0 N–H and O–H groups in total. The number of hydrogen-bond acceptors (Lipinski definition) is 1. The minimum Gasteiger partial charge on any atom is -0.372 e. The van der Waals surface area contributed by atoms with Crippen molar-refractivity contribution in [2.75, 3.05) is 18.0 Å². The molecule has 0 bridgehead atoms. The molecule has 0 spiro atoms. The van der Waals surface area contributed by atoms with Crippen LogP contribution in [0.25, 0.3) is 11.1 Å². The molecule has 0 aromatic heterocycles. The van der Waals surface area contributed by atoms with Gasteiger partial charge in [-0.2, -0.15) is 0 Å². The lowest BCUT2D eigenvalue weighted by atomic mass is 9.82. The Bertz CT molecular complexity index is 712. The van der Waals surface area contributed by atoms with Gasteiger partial charge in [0, 0.05) is 28.7 Å². The first-order valence-electron chi connectivity index (χ1n) is 7.77. The van der Waals surface area contributed by atoms with E-state index in [9.17, 15) is 0 Å². The second-order valence-electron chi connectivity index (χ2n) is 6.74. The molecule has 1 heterocycles. The van der Waals surface area contributed by atoms with Gasteiger partial charge in [0.15, 0.2) is 0 Å². The second-order valence-corrected chi connectivity index (χ2v) is 7.65. The highest BCUT2D eigenvalue weighted by molar-refractivity contribution is 9.10. The molecule has 1 aliphatic heterocycles. The first-order chi connectivity index (χ1) is 10.1. The molecule has 1 nitrogen and oxygen atoms in total. The molecule has 4 rings (SSSR count). The predicted molar refractivity (Wildman–Crippen MR) is 93.2 cm³/mol. The van der Waals surface area contributed by atoms with Crippen LogP contribution >= 0.6 is 15.9 Å². The first kappa shape index (κ1) is 13.4. The normalized spacial score (nSPS) is 18.7. The average molecular weight is 342 g/mol. The van der Waals surface area contributed by atoms with E-state index in [4.69, 9.17) is 0 Å². The van der Waals surface area contributed by atoms with Gasteiger partial charge in [0.05, 0.1) is 0 Å². The van der Waals surface area contributed by atoms with E-state index in [2.05, 4.69) is 71.1 Å². The lowest BCUT2D eigenvalue weighted by Gasteiger charge is -2.24. The quantitative estimate of drug-likeness (QED) is 0.675. The van der Waals surface area contributed by atoms with Crippen molar-refractivity contribution in [2.24, 2.45) is 0 Å². The van der Waals surface area contributed by atoms with Crippen LogP contribution in [0.5, 0.6) is 0 Å². The summed E-state index contributed by atoms with van der Waals surface area (Å²) in [5.74, 6) is 0. The van der Waals surface area contributed by atoms with Gasteiger partial charge in [0.2, 0.25) is 0 Å². The zero-order chi connectivity index (χ0) is 14.6. The molecule has 0 radical (unpaired) electrons. The zero-order valence-corrected chi connectivity index (χ0v) is 14.2. The van der Waals surface area contributed by atoms with Gasteiger partial charge >= 0.3 is 0 Å². The number of hydrogen-bond donors (Lipinski definition) is 0. The third-order valence-corrected chi connectivity index (χ3v) is 5.59. The van der Waals surface area contributed by atoms with Crippen molar-refractivity contribution in [2.45, 2.75) is 32.1 Å². The van der Waals surface area contributed by atoms with Crippen LogP contribution in [0.4, 0.5) is 5.69 Å². The lowest BCUT2D eigenvalue weighted by molar-refractivity contribution is 0.659. The Kier molecular flexibility index (Phi) is 2.94. The number of benzene rings is 2. The van der Waals surface area contributed by atoms with Gasteiger partial charge in [-0.15, -0.1) is 0 Å². The van der Waals surface area contributed by atoms with E-state index in [1.807, 2.05) is 0 Å². The van der Waals surface area contributed by atoms with Crippen LogP contribution in [0.1, 0.15) is 37.8 Å². The molecule has 1 aliphatic carbocycles. The molecule has 0 unspecified atom stereocenters. The predicted octanol–water partition coefficient (Wildman–Crippen LogP) is 5.36. The van der Waals surface area contributed by atoms with Crippen molar-refractivity contribution < 1.29 is 0 Å². The van der Waals surface area contributed by atoms with E-state index in [-0.39, 0.29) is 5.41 Å². The van der Waals surface area contributed by atoms with E-state index < -0.39 is 0 Å². The molecular formula is C19H20BrN. The third kappa shape index (κ3) is 1.96. The molecule has 2 aromatic rings. The summed E-state index contributed by atoms with van der Waals surface area (Å²) in [6.07, 6.45) is 2.65. The standard InChI is InChI=1S/C19H20BrN/c1-19(2)17-11-13(20)5-7-15(17)16-8-6-14(12-18(16)19)21-9-3-4-10-21/h5-8,11-12H,3-4,9-10H2,1-2H3. The molecular weight excluding hydrogens is 322 g/mol. The second kappa shape index (κ2) is 4.61. The van der Waals surface area contributed by atoms with E-state index in [1.165, 1.54) is 58.3 Å². The third-order valence-electron chi connectivity index (χ3n) is 5.09. The Hall–Kier alpha value is -1.28. The molecule has 2 aliphatic rings. The summed E-state index contributed by atoms with van der Waals surface area (Å²) in [6.45, 7) is 7.10. The molecule has 0 saturated carbocycles. The van der Waals surface area contributed by atoms with Crippen molar-refractivity contribution in [3.63, 3.8) is 0 Å². The topological polar surface area (TPSA) is 3.24 Å². The molecule has 1 saturated heterocycles. The number of halogens is 1. The highest BCUT2D eigenvalue weighted by Gasteiger charge is 2.35. The Balaban J connectivity index is 1.87. The Morgan fingerprint density at radius 1 is 0.905 bits per heavy atom. The Morgan fingerprint density at radius 2 is 1.52 bits per heavy atom. The van der Waals surface area contributed by atoms with Gasteiger partial charge in [-0.25, -0.2) is 0 Å². The van der Waals surface area contributed by atoms with Crippen molar-refractivity contribution in [3.8, 4) is 11.1 Å². The highest BCUT2D eigenvalue weighted by atomic mass is 79.9. The summed E-state index contributed by atoms with van der Waals surface area (Å²) in [4.78, 5) is 2.52.